The minimum atomic E-state index is -2.92. The van der Waals surface area contributed by atoms with Crippen molar-refractivity contribution in [2.75, 3.05) is 11.5 Å². The van der Waals surface area contributed by atoms with E-state index in [4.69, 9.17) is 5.26 Å². The largest absolute Gasteiger partial charge is 0.229 e. The van der Waals surface area contributed by atoms with E-state index in [1.54, 1.807) is 0 Å². The average Bonchev–Trinajstić information content (AvgIpc) is 2.89. The van der Waals surface area contributed by atoms with Gasteiger partial charge in [-0.15, -0.1) is 0 Å². The van der Waals surface area contributed by atoms with Crippen LogP contribution in [0, 0.1) is 22.7 Å². The Bertz CT molecular complexity index is 364. The number of sulfone groups is 1. The molecular formula is C10H15NO2S. The maximum Gasteiger partial charge on any atom is 0.151 e. The smallest absolute Gasteiger partial charge is 0.151 e. The summed E-state index contributed by atoms with van der Waals surface area (Å²) in [6.45, 7) is 0. The second-order valence-electron chi connectivity index (χ2n) is 4.72. The van der Waals surface area contributed by atoms with Gasteiger partial charge in [-0.3, -0.25) is 0 Å². The van der Waals surface area contributed by atoms with Crippen molar-refractivity contribution in [1.82, 2.24) is 0 Å². The van der Waals surface area contributed by atoms with E-state index in [2.05, 4.69) is 6.07 Å². The van der Waals surface area contributed by atoms with Crippen LogP contribution in [0.25, 0.3) is 0 Å². The minimum Gasteiger partial charge on any atom is -0.229 e. The van der Waals surface area contributed by atoms with Crippen molar-refractivity contribution in [3.63, 3.8) is 0 Å². The van der Waals surface area contributed by atoms with Gasteiger partial charge in [-0.05, 0) is 25.2 Å². The van der Waals surface area contributed by atoms with Gasteiger partial charge in [0, 0.05) is 0 Å². The Labute approximate surface area is 85.0 Å². The van der Waals surface area contributed by atoms with E-state index in [0.29, 0.717) is 6.42 Å². The lowest BCUT2D eigenvalue weighted by molar-refractivity contribution is 0.390. The summed E-state index contributed by atoms with van der Waals surface area (Å²) in [4.78, 5) is 0. The maximum atomic E-state index is 11.3. The SMILES string of the molecule is N#CC1(CCC2CC2)CCS(=O)(=O)C1. The number of hydrogen-bond donors (Lipinski definition) is 0. The summed E-state index contributed by atoms with van der Waals surface area (Å²) in [5.41, 5.74) is -0.540. The zero-order chi connectivity index (χ0) is 10.2. The molecule has 0 N–H and O–H groups in total. The molecule has 1 aliphatic heterocycles. The summed E-state index contributed by atoms with van der Waals surface area (Å²) in [5.74, 6) is 1.09. The molecule has 1 heterocycles. The van der Waals surface area contributed by atoms with E-state index in [-0.39, 0.29) is 11.5 Å². The fourth-order valence-corrected chi connectivity index (χ4v) is 4.19. The van der Waals surface area contributed by atoms with E-state index in [1.165, 1.54) is 12.8 Å². The van der Waals surface area contributed by atoms with Crippen LogP contribution in [-0.2, 0) is 9.84 Å². The molecule has 3 nitrogen and oxygen atoms in total. The summed E-state index contributed by atoms with van der Waals surface area (Å²) in [5, 5.41) is 9.07. The van der Waals surface area contributed by atoms with Gasteiger partial charge in [0.1, 0.15) is 0 Å². The first-order chi connectivity index (χ1) is 6.55. The molecule has 1 unspecified atom stereocenters. The summed E-state index contributed by atoms with van der Waals surface area (Å²) < 4.78 is 22.6. The first kappa shape index (κ1) is 9.97. The molecule has 0 radical (unpaired) electrons. The maximum absolute atomic E-state index is 11.3. The standard InChI is InChI=1S/C10H15NO2S/c11-7-10(4-3-9-1-2-9)5-6-14(12,13)8-10/h9H,1-6,8H2. The molecule has 4 heteroatoms. The summed E-state index contributed by atoms with van der Waals surface area (Å²) >= 11 is 0. The summed E-state index contributed by atoms with van der Waals surface area (Å²) in [7, 11) is -2.92. The molecule has 1 atom stereocenters. The first-order valence-corrected chi connectivity index (χ1v) is 6.99. The Morgan fingerprint density at radius 2 is 2.14 bits per heavy atom. The fraction of sp³-hybridized carbons (Fsp3) is 0.900. The highest BCUT2D eigenvalue weighted by Crippen LogP contribution is 2.41. The van der Waals surface area contributed by atoms with Crippen molar-refractivity contribution in [2.45, 2.75) is 32.1 Å². The van der Waals surface area contributed by atoms with Crippen LogP contribution in [0.1, 0.15) is 32.1 Å². The molecule has 0 bridgehead atoms. The van der Waals surface area contributed by atoms with Crippen molar-refractivity contribution >= 4 is 9.84 Å². The first-order valence-electron chi connectivity index (χ1n) is 5.17. The molecule has 0 spiro atoms. The highest BCUT2D eigenvalue weighted by atomic mass is 32.2. The highest BCUT2D eigenvalue weighted by Gasteiger charge is 2.43. The van der Waals surface area contributed by atoms with Gasteiger partial charge in [-0.2, -0.15) is 5.26 Å². The molecule has 1 saturated carbocycles. The normalized spacial score (nSPS) is 35.4. The quantitative estimate of drug-likeness (QED) is 0.714. The predicted molar refractivity (Wildman–Crippen MR) is 53.3 cm³/mol. The lowest BCUT2D eigenvalue weighted by atomic mass is 9.84. The van der Waals surface area contributed by atoms with Gasteiger partial charge in [0.2, 0.25) is 0 Å². The van der Waals surface area contributed by atoms with Gasteiger partial charge in [0.25, 0.3) is 0 Å². The van der Waals surface area contributed by atoms with Gasteiger partial charge < -0.3 is 0 Å². The Morgan fingerprint density at radius 1 is 1.43 bits per heavy atom. The second-order valence-corrected chi connectivity index (χ2v) is 6.90. The molecule has 2 aliphatic rings. The van der Waals surface area contributed by atoms with Crippen LogP contribution < -0.4 is 0 Å². The van der Waals surface area contributed by atoms with E-state index in [1.807, 2.05) is 0 Å². The number of hydrogen-bond acceptors (Lipinski definition) is 3. The lowest BCUT2D eigenvalue weighted by Crippen LogP contribution is -2.20. The predicted octanol–water partition coefficient (Wildman–Crippen LogP) is 1.51. The monoisotopic (exact) mass is 213 g/mol. The molecule has 0 aromatic rings. The summed E-state index contributed by atoms with van der Waals surface area (Å²) in [6.07, 6.45) is 4.93. The van der Waals surface area contributed by atoms with Crippen LogP contribution in [0.4, 0.5) is 0 Å². The van der Waals surface area contributed by atoms with E-state index in [0.717, 1.165) is 18.8 Å². The molecule has 0 aromatic heterocycles. The van der Waals surface area contributed by atoms with Crippen molar-refractivity contribution in [3.05, 3.63) is 0 Å². The molecule has 2 rings (SSSR count). The van der Waals surface area contributed by atoms with Crippen LogP contribution in [0.2, 0.25) is 0 Å². The topological polar surface area (TPSA) is 57.9 Å². The average molecular weight is 213 g/mol. The van der Waals surface area contributed by atoms with Crippen molar-refractivity contribution < 1.29 is 8.42 Å². The summed E-state index contributed by atoms with van der Waals surface area (Å²) in [6, 6.07) is 2.24. The Kier molecular flexibility index (Phi) is 2.30. The van der Waals surface area contributed by atoms with Gasteiger partial charge in [0.05, 0.1) is 23.0 Å². The molecule has 0 amide bonds. The lowest BCUT2D eigenvalue weighted by Gasteiger charge is -2.17. The van der Waals surface area contributed by atoms with Crippen molar-refractivity contribution in [2.24, 2.45) is 11.3 Å². The Hall–Kier alpha value is -0.560. The van der Waals surface area contributed by atoms with Crippen molar-refractivity contribution in [1.29, 1.82) is 5.26 Å². The second kappa shape index (κ2) is 3.23. The minimum absolute atomic E-state index is 0.100. The number of nitriles is 1. The third kappa shape index (κ3) is 2.09. The highest BCUT2D eigenvalue weighted by molar-refractivity contribution is 7.91. The third-order valence-corrected chi connectivity index (χ3v) is 5.17. The van der Waals surface area contributed by atoms with Crippen LogP contribution >= 0.6 is 0 Å². The zero-order valence-electron chi connectivity index (χ0n) is 8.20. The van der Waals surface area contributed by atoms with Gasteiger partial charge in [0.15, 0.2) is 9.84 Å². The van der Waals surface area contributed by atoms with Crippen LogP contribution in [0.5, 0.6) is 0 Å². The number of rotatable bonds is 3. The van der Waals surface area contributed by atoms with Crippen LogP contribution in [0.3, 0.4) is 0 Å². The van der Waals surface area contributed by atoms with Gasteiger partial charge >= 0.3 is 0 Å². The molecule has 78 valence electrons. The molecule has 1 aliphatic carbocycles. The zero-order valence-corrected chi connectivity index (χ0v) is 9.02. The Balaban J connectivity index is 2.00. The van der Waals surface area contributed by atoms with Crippen LogP contribution in [-0.4, -0.2) is 19.9 Å². The van der Waals surface area contributed by atoms with E-state index >= 15 is 0 Å². The van der Waals surface area contributed by atoms with Gasteiger partial charge in [-0.25, -0.2) is 8.42 Å². The third-order valence-electron chi connectivity index (χ3n) is 3.35. The fourth-order valence-electron chi connectivity index (χ4n) is 2.14. The molecular weight excluding hydrogens is 198 g/mol. The van der Waals surface area contributed by atoms with Crippen molar-refractivity contribution in [3.8, 4) is 6.07 Å². The molecule has 0 aromatic carbocycles. The Morgan fingerprint density at radius 3 is 2.57 bits per heavy atom. The van der Waals surface area contributed by atoms with Gasteiger partial charge in [-0.1, -0.05) is 12.8 Å². The van der Waals surface area contributed by atoms with E-state index in [9.17, 15) is 8.42 Å². The van der Waals surface area contributed by atoms with E-state index < -0.39 is 15.3 Å². The molecule has 2 fully saturated rings. The molecule has 1 saturated heterocycles. The van der Waals surface area contributed by atoms with Crippen LogP contribution in [0.15, 0.2) is 0 Å². The molecule has 14 heavy (non-hydrogen) atoms. The number of nitrogens with zero attached hydrogens (tertiary/aromatic N) is 1.